The van der Waals surface area contributed by atoms with Crippen LogP contribution in [0.1, 0.15) is 6.92 Å². The van der Waals surface area contributed by atoms with Gasteiger partial charge in [0.15, 0.2) is 17.3 Å². The molecule has 4 rings (SSSR count). The molecule has 0 fully saturated rings. The number of aromatic nitrogens is 4. The number of methoxy groups -OCH3 is 2. The Morgan fingerprint density at radius 3 is 2.59 bits per heavy atom. The van der Waals surface area contributed by atoms with E-state index in [4.69, 9.17) is 19.3 Å². The third-order valence-electron chi connectivity index (χ3n) is 4.02. The van der Waals surface area contributed by atoms with Crippen LogP contribution in [-0.4, -0.2) is 40.6 Å². The maximum Gasteiger partial charge on any atom is 0.235 e. The first kappa shape index (κ1) is 17.3. The Hall–Kier alpha value is -3.13. The van der Waals surface area contributed by atoms with Gasteiger partial charge in [-0.1, -0.05) is 23.5 Å². The van der Waals surface area contributed by atoms with Gasteiger partial charge in [-0.05, 0) is 37.3 Å². The quantitative estimate of drug-likeness (QED) is 0.503. The zero-order valence-electron chi connectivity index (χ0n) is 15.2. The summed E-state index contributed by atoms with van der Waals surface area (Å²) in [5, 5.41) is 14.1. The van der Waals surface area contributed by atoms with E-state index in [1.807, 2.05) is 49.4 Å². The molecule has 0 unspecified atom stereocenters. The van der Waals surface area contributed by atoms with Crippen molar-refractivity contribution in [1.82, 2.24) is 19.8 Å². The summed E-state index contributed by atoms with van der Waals surface area (Å²) in [6.45, 7) is 2.57. The smallest absolute Gasteiger partial charge is 0.235 e. The third-order valence-corrected chi connectivity index (χ3v) is 4.97. The van der Waals surface area contributed by atoms with E-state index < -0.39 is 0 Å². The first-order chi connectivity index (χ1) is 13.2. The van der Waals surface area contributed by atoms with E-state index >= 15 is 0 Å². The second-order valence-corrected chi connectivity index (χ2v) is 6.61. The predicted octanol–water partition coefficient (Wildman–Crippen LogP) is 3.94. The minimum atomic E-state index is 0.610. The first-order valence-electron chi connectivity index (χ1n) is 8.41. The predicted molar refractivity (Wildman–Crippen MR) is 104 cm³/mol. The highest BCUT2D eigenvalue weighted by molar-refractivity contribution is 7.19. The minimum absolute atomic E-state index is 0.610. The Balaban J connectivity index is 1.75. The van der Waals surface area contributed by atoms with Crippen molar-refractivity contribution in [2.75, 3.05) is 20.8 Å². The molecule has 0 saturated heterocycles. The second-order valence-electron chi connectivity index (χ2n) is 5.66. The van der Waals surface area contributed by atoms with Gasteiger partial charge in [-0.3, -0.25) is 0 Å². The topological polar surface area (TPSA) is 70.8 Å². The van der Waals surface area contributed by atoms with Crippen molar-refractivity contribution in [2.24, 2.45) is 0 Å². The van der Waals surface area contributed by atoms with Gasteiger partial charge >= 0.3 is 0 Å². The van der Waals surface area contributed by atoms with Gasteiger partial charge in [-0.25, -0.2) is 0 Å². The van der Waals surface area contributed by atoms with E-state index in [9.17, 15) is 0 Å². The molecule has 138 valence electrons. The number of nitrogens with zero attached hydrogens (tertiary/aromatic N) is 4. The average molecular weight is 382 g/mol. The highest BCUT2D eigenvalue weighted by Crippen LogP contribution is 2.34. The molecule has 0 aliphatic heterocycles. The number of ether oxygens (including phenoxy) is 3. The fraction of sp³-hybridized carbons (Fsp3) is 0.211. The molecule has 2 heterocycles. The number of fused-ring (bicyclic) bond motifs is 1. The Morgan fingerprint density at radius 1 is 0.963 bits per heavy atom. The Kier molecular flexibility index (Phi) is 4.64. The number of benzene rings is 2. The number of rotatable bonds is 6. The third kappa shape index (κ3) is 3.19. The molecule has 0 aliphatic carbocycles. The van der Waals surface area contributed by atoms with Gasteiger partial charge in [-0.2, -0.15) is 9.61 Å². The summed E-state index contributed by atoms with van der Waals surface area (Å²) in [6.07, 6.45) is 0. The fourth-order valence-corrected chi connectivity index (χ4v) is 3.61. The Labute approximate surface area is 160 Å². The van der Waals surface area contributed by atoms with Gasteiger partial charge in [0, 0.05) is 11.1 Å². The van der Waals surface area contributed by atoms with E-state index in [0.717, 1.165) is 26.8 Å². The van der Waals surface area contributed by atoms with Gasteiger partial charge in [0.25, 0.3) is 0 Å². The van der Waals surface area contributed by atoms with Crippen molar-refractivity contribution >= 4 is 16.3 Å². The van der Waals surface area contributed by atoms with Gasteiger partial charge in [-0.15, -0.1) is 10.2 Å². The minimum Gasteiger partial charge on any atom is -0.494 e. The molecule has 0 N–H and O–H groups in total. The first-order valence-corrected chi connectivity index (χ1v) is 9.23. The summed E-state index contributed by atoms with van der Waals surface area (Å²) >= 11 is 1.46. The van der Waals surface area contributed by atoms with E-state index in [-0.39, 0.29) is 0 Å². The molecule has 2 aromatic heterocycles. The molecule has 0 aliphatic rings. The van der Waals surface area contributed by atoms with E-state index in [2.05, 4.69) is 10.2 Å². The van der Waals surface area contributed by atoms with Gasteiger partial charge in [0.1, 0.15) is 10.8 Å². The molecule has 0 spiro atoms. The molecular formula is C19H18N4O3S. The number of hydrogen-bond donors (Lipinski definition) is 0. The highest BCUT2D eigenvalue weighted by atomic mass is 32.1. The van der Waals surface area contributed by atoms with Crippen LogP contribution in [0.3, 0.4) is 0 Å². The maximum atomic E-state index is 5.58. The van der Waals surface area contributed by atoms with Crippen LogP contribution >= 0.6 is 11.3 Å². The zero-order chi connectivity index (χ0) is 18.8. The van der Waals surface area contributed by atoms with Crippen molar-refractivity contribution in [3.05, 3.63) is 42.5 Å². The van der Waals surface area contributed by atoms with E-state index in [0.29, 0.717) is 23.9 Å². The van der Waals surface area contributed by atoms with Gasteiger partial charge in [0.2, 0.25) is 4.96 Å². The lowest BCUT2D eigenvalue weighted by Gasteiger charge is -2.07. The summed E-state index contributed by atoms with van der Waals surface area (Å²) in [4.78, 5) is 0.719. The van der Waals surface area contributed by atoms with Crippen molar-refractivity contribution in [1.29, 1.82) is 0 Å². The van der Waals surface area contributed by atoms with Crippen LogP contribution in [0.5, 0.6) is 17.2 Å². The maximum absolute atomic E-state index is 5.58. The van der Waals surface area contributed by atoms with Crippen molar-refractivity contribution < 1.29 is 14.2 Å². The van der Waals surface area contributed by atoms with Crippen LogP contribution in [0.25, 0.3) is 26.9 Å². The molecule has 27 heavy (non-hydrogen) atoms. The molecule has 0 saturated carbocycles. The molecule has 4 aromatic rings. The number of hydrogen-bond acceptors (Lipinski definition) is 7. The standard InChI is InChI=1S/C19H18N4O3S/c1-4-26-14-7-5-6-12(10-14)17-20-21-19-23(17)22-18(27-19)13-8-9-15(24-2)16(11-13)25-3/h5-11H,4H2,1-3H3. The van der Waals surface area contributed by atoms with Crippen LogP contribution in [0.2, 0.25) is 0 Å². The summed E-state index contributed by atoms with van der Waals surface area (Å²) in [6, 6.07) is 13.5. The fourth-order valence-electron chi connectivity index (χ4n) is 2.77. The van der Waals surface area contributed by atoms with Crippen LogP contribution in [0.4, 0.5) is 0 Å². The average Bonchev–Trinajstić information content (AvgIpc) is 3.28. The van der Waals surface area contributed by atoms with E-state index in [1.165, 1.54) is 11.3 Å². The van der Waals surface area contributed by atoms with Crippen molar-refractivity contribution in [3.8, 4) is 39.2 Å². The Morgan fingerprint density at radius 2 is 1.81 bits per heavy atom. The molecule has 0 radical (unpaired) electrons. The highest BCUT2D eigenvalue weighted by Gasteiger charge is 2.16. The SMILES string of the molecule is CCOc1cccc(-c2nnc3sc(-c4ccc(OC)c(OC)c4)nn23)c1. The van der Waals surface area contributed by atoms with Crippen LogP contribution < -0.4 is 14.2 Å². The monoisotopic (exact) mass is 382 g/mol. The largest absolute Gasteiger partial charge is 0.494 e. The van der Waals surface area contributed by atoms with Crippen molar-refractivity contribution in [3.63, 3.8) is 0 Å². The van der Waals surface area contributed by atoms with Crippen LogP contribution in [0, 0.1) is 0 Å². The van der Waals surface area contributed by atoms with Gasteiger partial charge in [0.05, 0.1) is 20.8 Å². The molecule has 8 heteroatoms. The van der Waals surface area contributed by atoms with E-state index in [1.54, 1.807) is 18.7 Å². The van der Waals surface area contributed by atoms with Crippen LogP contribution in [0.15, 0.2) is 42.5 Å². The molecule has 0 bridgehead atoms. The molecule has 7 nitrogen and oxygen atoms in total. The zero-order valence-corrected chi connectivity index (χ0v) is 16.0. The molecule has 0 atom stereocenters. The lowest BCUT2D eigenvalue weighted by molar-refractivity contribution is 0.340. The lowest BCUT2D eigenvalue weighted by Crippen LogP contribution is -1.94. The lowest BCUT2D eigenvalue weighted by atomic mass is 10.2. The molecule has 2 aromatic carbocycles. The summed E-state index contributed by atoms with van der Waals surface area (Å²) in [7, 11) is 3.23. The molecular weight excluding hydrogens is 364 g/mol. The summed E-state index contributed by atoms with van der Waals surface area (Å²) in [5.41, 5.74) is 1.83. The van der Waals surface area contributed by atoms with Crippen molar-refractivity contribution in [2.45, 2.75) is 6.92 Å². The Bertz CT molecular complexity index is 1090. The van der Waals surface area contributed by atoms with Gasteiger partial charge < -0.3 is 14.2 Å². The summed E-state index contributed by atoms with van der Waals surface area (Å²) < 4.78 is 18.0. The van der Waals surface area contributed by atoms with Crippen LogP contribution in [-0.2, 0) is 0 Å². The second kappa shape index (κ2) is 7.24. The summed E-state index contributed by atoms with van der Waals surface area (Å²) in [5.74, 6) is 2.81. The molecule has 0 amide bonds. The normalized spacial score (nSPS) is 10.9.